The fraction of sp³-hybridized carbons (Fsp3) is 0.421. The molecule has 0 aliphatic heterocycles. The van der Waals surface area contributed by atoms with Crippen molar-refractivity contribution in [2.75, 3.05) is 6.61 Å². The zero-order valence-electron chi connectivity index (χ0n) is 13.8. The minimum atomic E-state index is 0.249. The summed E-state index contributed by atoms with van der Waals surface area (Å²) in [5.74, 6) is 0.827. The first-order chi connectivity index (χ1) is 11.7. The SMILES string of the molecule is CC1(COc2ccnc3[nH]c4cnc(C#N)cc4c23)CCCCC1. The molecule has 1 fully saturated rings. The van der Waals surface area contributed by atoms with Crippen LogP contribution in [0.5, 0.6) is 5.75 Å². The molecule has 4 rings (SSSR count). The number of nitrogens with zero attached hydrogens (tertiary/aromatic N) is 3. The van der Waals surface area contributed by atoms with Crippen molar-refractivity contribution in [3.8, 4) is 11.8 Å². The zero-order chi connectivity index (χ0) is 16.6. The molecule has 0 amide bonds. The largest absolute Gasteiger partial charge is 0.492 e. The zero-order valence-corrected chi connectivity index (χ0v) is 13.8. The van der Waals surface area contributed by atoms with Crippen molar-refractivity contribution in [2.45, 2.75) is 39.0 Å². The van der Waals surface area contributed by atoms with Gasteiger partial charge in [-0.1, -0.05) is 26.2 Å². The van der Waals surface area contributed by atoms with E-state index in [1.54, 1.807) is 18.5 Å². The van der Waals surface area contributed by atoms with Gasteiger partial charge in [-0.05, 0) is 25.0 Å². The van der Waals surface area contributed by atoms with Crippen LogP contribution in [0.15, 0.2) is 24.5 Å². The van der Waals surface area contributed by atoms with Crippen LogP contribution in [-0.4, -0.2) is 21.6 Å². The van der Waals surface area contributed by atoms with Crippen molar-refractivity contribution in [3.63, 3.8) is 0 Å². The minimum absolute atomic E-state index is 0.249. The summed E-state index contributed by atoms with van der Waals surface area (Å²) >= 11 is 0. The molecule has 122 valence electrons. The molecule has 0 atom stereocenters. The highest BCUT2D eigenvalue weighted by Gasteiger charge is 2.28. The van der Waals surface area contributed by atoms with Crippen LogP contribution in [0, 0.1) is 16.7 Å². The first-order valence-electron chi connectivity index (χ1n) is 8.48. The van der Waals surface area contributed by atoms with Crippen molar-refractivity contribution in [2.24, 2.45) is 5.41 Å². The van der Waals surface area contributed by atoms with Gasteiger partial charge in [0, 0.05) is 17.0 Å². The molecule has 0 aromatic carbocycles. The summed E-state index contributed by atoms with van der Waals surface area (Å²) in [6.07, 6.45) is 9.79. The lowest BCUT2D eigenvalue weighted by molar-refractivity contribution is 0.117. The topological polar surface area (TPSA) is 74.6 Å². The fourth-order valence-corrected chi connectivity index (χ4v) is 3.67. The Morgan fingerprint density at radius 1 is 1.29 bits per heavy atom. The summed E-state index contributed by atoms with van der Waals surface area (Å²) in [6, 6.07) is 5.80. The smallest absolute Gasteiger partial charge is 0.142 e. The van der Waals surface area contributed by atoms with Gasteiger partial charge < -0.3 is 9.72 Å². The lowest BCUT2D eigenvalue weighted by atomic mass is 9.76. The van der Waals surface area contributed by atoms with Crippen LogP contribution in [0.1, 0.15) is 44.7 Å². The van der Waals surface area contributed by atoms with E-state index in [4.69, 9.17) is 10.00 Å². The van der Waals surface area contributed by atoms with E-state index in [-0.39, 0.29) is 5.41 Å². The number of nitriles is 1. The lowest BCUT2D eigenvalue weighted by Crippen LogP contribution is -2.27. The van der Waals surface area contributed by atoms with Crippen molar-refractivity contribution in [1.29, 1.82) is 5.26 Å². The predicted molar refractivity (Wildman–Crippen MR) is 92.8 cm³/mol. The summed E-state index contributed by atoms with van der Waals surface area (Å²) in [5.41, 5.74) is 2.29. The van der Waals surface area contributed by atoms with Gasteiger partial charge in [0.05, 0.1) is 23.7 Å². The molecule has 1 aliphatic carbocycles. The van der Waals surface area contributed by atoms with Crippen molar-refractivity contribution in [1.82, 2.24) is 15.0 Å². The summed E-state index contributed by atoms with van der Waals surface area (Å²) in [6.45, 7) is 3.03. The van der Waals surface area contributed by atoms with Gasteiger partial charge in [0.2, 0.25) is 0 Å². The summed E-state index contributed by atoms with van der Waals surface area (Å²) < 4.78 is 6.24. The van der Waals surface area contributed by atoms with E-state index in [0.717, 1.165) is 34.3 Å². The van der Waals surface area contributed by atoms with Crippen molar-refractivity contribution >= 4 is 21.9 Å². The van der Waals surface area contributed by atoms with Gasteiger partial charge in [0.1, 0.15) is 23.2 Å². The highest BCUT2D eigenvalue weighted by molar-refractivity contribution is 6.09. The number of pyridine rings is 2. The van der Waals surface area contributed by atoms with Gasteiger partial charge >= 0.3 is 0 Å². The average molecular weight is 320 g/mol. The van der Waals surface area contributed by atoms with Crippen LogP contribution in [0.4, 0.5) is 0 Å². The van der Waals surface area contributed by atoms with E-state index in [1.165, 1.54) is 32.1 Å². The maximum absolute atomic E-state index is 9.11. The molecule has 5 nitrogen and oxygen atoms in total. The molecule has 0 spiro atoms. The van der Waals surface area contributed by atoms with Crippen LogP contribution < -0.4 is 4.74 Å². The molecule has 0 unspecified atom stereocenters. The number of hydrogen-bond donors (Lipinski definition) is 1. The lowest BCUT2D eigenvalue weighted by Gasteiger charge is -2.33. The molecule has 1 saturated carbocycles. The van der Waals surface area contributed by atoms with E-state index in [2.05, 4.69) is 27.9 Å². The monoisotopic (exact) mass is 320 g/mol. The number of aromatic nitrogens is 3. The van der Waals surface area contributed by atoms with Gasteiger partial charge in [0.15, 0.2) is 0 Å². The maximum Gasteiger partial charge on any atom is 0.142 e. The van der Waals surface area contributed by atoms with Gasteiger partial charge in [0.25, 0.3) is 0 Å². The molecule has 5 heteroatoms. The molecular formula is C19H20N4O. The molecule has 1 aliphatic rings. The average Bonchev–Trinajstić information content (AvgIpc) is 2.99. The molecular weight excluding hydrogens is 300 g/mol. The molecule has 3 aromatic rings. The third-order valence-electron chi connectivity index (χ3n) is 5.09. The third kappa shape index (κ3) is 2.58. The third-order valence-corrected chi connectivity index (χ3v) is 5.09. The van der Waals surface area contributed by atoms with Crippen LogP contribution in [-0.2, 0) is 0 Å². The van der Waals surface area contributed by atoms with E-state index >= 15 is 0 Å². The number of rotatable bonds is 3. The number of H-pyrrole nitrogens is 1. The Kier molecular flexibility index (Phi) is 3.61. The van der Waals surface area contributed by atoms with E-state index in [1.807, 2.05) is 6.07 Å². The number of ether oxygens (including phenoxy) is 1. The molecule has 1 N–H and O–H groups in total. The van der Waals surface area contributed by atoms with Crippen molar-refractivity contribution < 1.29 is 4.74 Å². The second-order valence-corrected chi connectivity index (χ2v) is 7.04. The first kappa shape index (κ1) is 14.9. The number of nitrogens with one attached hydrogen (secondary N) is 1. The fourth-order valence-electron chi connectivity index (χ4n) is 3.67. The Morgan fingerprint density at radius 3 is 2.92 bits per heavy atom. The van der Waals surface area contributed by atoms with Crippen LogP contribution in [0.25, 0.3) is 21.9 Å². The Hall–Kier alpha value is -2.61. The molecule has 24 heavy (non-hydrogen) atoms. The highest BCUT2D eigenvalue weighted by Crippen LogP contribution is 2.38. The number of aromatic amines is 1. The maximum atomic E-state index is 9.11. The van der Waals surface area contributed by atoms with Gasteiger partial charge in [-0.15, -0.1) is 0 Å². The molecule has 0 bridgehead atoms. The van der Waals surface area contributed by atoms with E-state index < -0.39 is 0 Å². The normalized spacial score (nSPS) is 17.0. The quantitative estimate of drug-likeness (QED) is 0.779. The molecule has 0 radical (unpaired) electrons. The molecule has 0 saturated heterocycles. The van der Waals surface area contributed by atoms with Gasteiger partial charge in [-0.2, -0.15) is 5.26 Å². The highest BCUT2D eigenvalue weighted by atomic mass is 16.5. The van der Waals surface area contributed by atoms with Crippen LogP contribution in [0.2, 0.25) is 0 Å². The Bertz CT molecular complexity index is 932. The summed E-state index contributed by atoms with van der Waals surface area (Å²) in [7, 11) is 0. The van der Waals surface area contributed by atoms with Gasteiger partial charge in [-0.25, -0.2) is 9.97 Å². The summed E-state index contributed by atoms with van der Waals surface area (Å²) in [4.78, 5) is 11.8. The Labute approximate surface area is 140 Å². The van der Waals surface area contributed by atoms with E-state index in [0.29, 0.717) is 5.69 Å². The first-order valence-corrected chi connectivity index (χ1v) is 8.48. The Balaban J connectivity index is 1.73. The molecule has 3 aromatic heterocycles. The second kappa shape index (κ2) is 5.79. The van der Waals surface area contributed by atoms with Gasteiger partial charge in [-0.3, -0.25) is 0 Å². The van der Waals surface area contributed by atoms with Crippen molar-refractivity contribution in [3.05, 3.63) is 30.2 Å². The second-order valence-electron chi connectivity index (χ2n) is 7.04. The summed E-state index contributed by atoms with van der Waals surface area (Å²) in [5, 5.41) is 11.0. The Morgan fingerprint density at radius 2 is 2.12 bits per heavy atom. The van der Waals surface area contributed by atoms with Crippen LogP contribution in [0.3, 0.4) is 0 Å². The standard InChI is InChI=1S/C19H20N4O/c1-19(6-3-2-4-7-19)12-24-16-5-8-21-18-17(16)14-9-13(10-20)22-11-15(14)23-18/h5,8-9,11H,2-4,6-7,12H2,1H3,(H,21,23). The van der Waals surface area contributed by atoms with Crippen LogP contribution >= 0.6 is 0 Å². The predicted octanol–water partition coefficient (Wildman–Crippen LogP) is 4.33. The minimum Gasteiger partial charge on any atom is -0.492 e. The molecule has 3 heterocycles. The number of hydrogen-bond acceptors (Lipinski definition) is 4. The van der Waals surface area contributed by atoms with E-state index in [9.17, 15) is 0 Å². The number of fused-ring (bicyclic) bond motifs is 3.